The molecule has 0 radical (unpaired) electrons. The molecule has 132 valence electrons. The van der Waals surface area contributed by atoms with E-state index in [1.165, 1.54) is 0 Å². The van der Waals surface area contributed by atoms with E-state index in [1.54, 1.807) is 31.0 Å². The molecule has 2 heterocycles. The van der Waals surface area contributed by atoms with Crippen molar-refractivity contribution in [1.29, 1.82) is 0 Å². The van der Waals surface area contributed by atoms with Crippen LogP contribution in [-0.4, -0.2) is 58.2 Å². The quantitative estimate of drug-likeness (QED) is 0.830. The molecule has 8 heteroatoms. The van der Waals surface area contributed by atoms with Crippen LogP contribution in [0, 0.1) is 0 Å². The lowest BCUT2D eigenvalue weighted by atomic mass is 9.97. The largest absolute Gasteiger partial charge is 0.390 e. The van der Waals surface area contributed by atoms with Gasteiger partial charge in [-0.1, -0.05) is 0 Å². The van der Waals surface area contributed by atoms with Gasteiger partial charge in [0.05, 0.1) is 12.6 Å². The maximum absolute atomic E-state index is 12.2. The molecule has 1 aromatic heterocycles. The summed E-state index contributed by atoms with van der Waals surface area (Å²) in [6, 6.07) is 0.222. The Bertz CT molecular complexity index is 493. The predicted molar refractivity (Wildman–Crippen MR) is 80.9 cm³/mol. The van der Waals surface area contributed by atoms with E-state index in [0.717, 1.165) is 18.4 Å². The number of halogens is 3. The molecule has 2 rings (SSSR count). The van der Waals surface area contributed by atoms with Gasteiger partial charge in [-0.25, -0.2) is 0 Å². The third kappa shape index (κ3) is 5.78. The van der Waals surface area contributed by atoms with Crippen LogP contribution in [0.3, 0.4) is 0 Å². The van der Waals surface area contributed by atoms with Gasteiger partial charge in [-0.2, -0.15) is 18.3 Å². The van der Waals surface area contributed by atoms with Crippen LogP contribution in [0.15, 0.2) is 12.4 Å². The van der Waals surface area contributed by atoms with Crippen LogP contribution >= 0.6 is 0 Å². The molecule has 23 heavy (non-hydrogen) atoms. The van der Waals surface area contributed by atoms with Gasteiger partial charge in [-0.3, -0.25) is 4.68 Å². The predicted octanol–water partition coefficient (Wildman–Crippen LogP) is 1.63. The Balaban J connectivity index is 1.72. The lowest BCUT2D eigenvalue weighted by Crippen LogP contribution is -2.47. The summed E-state index contributed by atoms with van der Waals surface area (Å²) in [5.41, 5.74) is -0.267. The SMILES string of the molecule is Cn1cc(C(C)(O)CNC2CCN(CCC(F)(F)F)CC2)cn1. The Hall–Kier alpha value is -1.12. The zero-order valence-electron chi connectivity index (χ0n) is 13.6. The highest BCUT2D eigenvalue weighted by molar-refractivity contribution is 5.14. The fourth-order valence-electron chi connectivity index (χ4n) is 2.79. The first-order valence-electron chi connectivity index (χ1n) is 7.90. The van der Waals surface area contributed by atoms with Crippen molar-refractivity contribution in [3.05, 3.63) is 18.0 Å². The fraction of sp³-hybridized carbons (Fsp3) is 0.800. The lowest BCUT2D eigenvalue weighted by Gasteiger charge is -2.34. The molecule has 1 aromatic rings. The second-order valence-electron chi connectivity index (χ2n) is 6.54. The average Bonchev–Trinajstić information content (AvgIpc) is 2.91. The Kier molecular flexibility index (Phi) is 5.70. The summed E-state index contributed by atoms with van der Waals surface area (Å²) < 4.78 is 38.3. The van der Waals surface area contributed by atoms with Gasteiger partial charge in [0.15, 0.2) is 0 Å². The first kappa shape index (κ1) is 18.2. The number of nitrogens with one attached hydrogen (secondary N) is 1. The number of alkyl halides is 3. The number of likely N-dealkylation sites (tertiary alicyclic amines) is 1. The zero-order valence-corrected chi connectivity index (χ0v) is 13.6. The van der Waals surface area contributed by atoms with Gasteiger partial charge >= 0.3 is 6.18 Å². The van der Waals surface area contributed by atoms with Crippen LogP contribution in [0.4, 0.5) is 13.2 Å². The lowest BCUT2D eigenvalue weighted by molar-refractivity contribution is -0.138. The number of aryl methyl sites for hydroxylation is 1. The number of hydrogen-bond donors (Lipinski definition) is 2. The number of aliphatic hydroxyl groups is 1. The molecule has 1 aliphatic rings. The average molecular weight is 334 g/mol. The molecule has 0 saturated carbocycles. The second-order valence-corrected chi connectivity index (χ2v) is 6.54. The molecular formula is C15H25F3N4O. The fourth-order valence-corrected chi connectivity index (χ4v) is 2.79. The van der Waals surface area contributed by atoms with E-state index in [-0.39, 0.29) is 12.6 Å². The third-order valence-corrected chi connectivity index (χ3v) is 4.36. The van der Waals surface area contributed by atoms with Crippen molar-refractivity contribution in [2.24, 2.45) is 7.05 Å². The zero-order chi connectivity index (χ0) is 17.1. The molecular weight excluding hydrogens is 309 g/mol. The summed E-state index contributed by atoms with van der Waals surface area (Å²) in [7, 11) is 1.80. The van der Waals surface area contributed by atoms with Crippen molar-refractivity contribution in [1.82, 2.24) is 20.0 Å². The summed E-state index contributed by atoms with van der Waals surface area (Å²) in [6.07, 6.45) is 0.170. The van der Waals surface area contributed by atoms with Gasteiger partial charge in [0, 0.05) is 37.9 Å². The van der Waals surface area contributed by atoms with Crippen LogP contribution in [0.2, 0.25) is 0 Å². The first-order chi connectivity index (χ1) is 10.7. The molecule has 1 aliphatic heterocycles. The van der Waals surface area contributed by atoms with Gasteiger partial charge in [0.1, 0.15) is 5.60 Å². The van der Waals surface area contributed by atoms with Crippen molar-refractivity contribution >= 4 is 0 Å². The Morgan fingerprint density at radius 2 is 2.00 bits per heavy atom. The summed E-state index contributed by atoms with van der Waals surface area (Å²) in [4.78, 5) is 1.85. The standard InChI is InChI=1S/C15H25F3N4O/c1-14(23,12-9-20-21(2)10-12)11-19-13-3-6-22(7-4-13)8-5-15(16,17)18/h9-10,13,19,23H,3-8,11H2,1-2H3. The number of nitrogens with zero attached hydrogens (tertiary/aromatic N) is 3. The van der Waals surface area contributed by atoms with Gasteiger partial charge in [-0.15, -0.1) is 0 Å². The van der Waals surface area contributed by atoms with Gasteiger partial charge in [-0.05, 0) is 32.9 Å². The van der Waals surface area contributed by atoms with E-state index in [4.69, 9.17) is 0 Å². The molecule has 0 bridgehead atoms. The van der Waals surface area contributed by atoms with E-state index in [2.05, 4.69) is 10.4 Å². The second kappa shape index (κ2) is 7.19. The summed E-state index contributed by atoms with van der Waals surface area (Å²) in [6.45, 7) is 3.51. The molecule has 1 unspecified atom stereocenters. The minimum absolute atomic E-state index is 0.0730. The molecule has 0 amide bonds. The summed E-state index contributed by atoms with van der Waals surface area (Å²) in [5.74, 6) is 0. The van der Waals surface area contributed by atoms with E-state index >= 15 is 0 Å². The molecule has 1 saturated heterocycles. The maximum Gasteiger partial charge on any atom is 0.390 e. The van der Waals surface area contributed by atoms with E-state index in [9.17, 15) is 18.3 Å². The summed E-state index contributed by atoms with van der Waals surface area (Å²) >= 11 is 0. The number of rotatable bonds is 6. The van der Waals surface area contributed by atoms with Gasteiger partial charge in [0.25, 0.3) is 0 Å². The molecule has 1 atom stereocenters. The molecule has 0 aromatic carbocycles. The van der Waals surface area contributed by atoms with Gasteiger partial charge < -0.3 is 15.3 Å². The Morgan fingerprint density at radius 1 is 1.35 bits per heavy atom. The van der Waals surface area contributed by atoms with Gasteiger partial charge in [0.2, 0.25) is 0 Å². The van der Waals surface area contributed by atoms with Crippen molar-refractivity contribution in [3.8, 4) is 0 Å². The minimum atomic E-state index is -4.09. The van der Waals surface area contributed by atoms with Crippen molar-refractivity contribution < 1.29 is 18.3 Å². The first-order valence-corrected chi connectivity index (χ1v) is 7.90. The van der Waals surface area contributed by atoms with Crippen LogP contribution < -0.4 is 5.32 Å². The molecule has 0 aliphatic carbocycles. The highest BCUT2D eigenvalue weighted by atomic mass is 19.4. The number of piperidine rings is 1. The van der Waals surface area contributed by atoms with Crippen molar-refractivity contribution in [3.63, 3.8) is 0 Å². The minimum Gasteiger partial charge on any atom is -0.384 e. The molecule has 1 fully saturated rings. The van der Waals surface area contributed by atoms with E-state index < -0.39 is 18.2 Å². The van der Waals surface area contributed by atoms with E-state index in [1.807, 2.05) is 4.90 Å². The molecule has 0 spiro atoms. The van der Waals surface area contributed by atoms with E-state index in [0.29, 0.717) is 19.6 Å². The van der Waals surface area contributed by atoms with Crippen LogP contribution in [0.5, 0.6) is 0 Å². The number of aromatic nitrogens is 2. The molecule has 5 nitrogen and oxygen atoms in total. The number of hydrogen-bond acceptors (Lipinski definition) is 4. The highest BCUT2D eigenvalue weighted by Crippen LogP contribution is 2.22. The van der Waals surface area contributed by atoms with Crippen LogP contribution in [-0.2, 0) is 12.6 Å². The van der Waals surface area contributed by atoms with Crippen LogP contribution in [0.25, 0.3) is 0 Å². The van der Waals surface area contributed by atoms with Crippen molar-refractivity contribution in [2.75, 3.05) is 26.2 Å². The summed E-state index contributed by atoms with van der Waals surface area (Å²) in [5, 5.41) is 17.9. The smallest absolute Gasteiger partial charge is 0.384 e. The third-order valence-electron chi connectivity index (χ3n) is 4.36. The maximum atomic E-state index is 12.2. The van der Waals surface area contributed by atoms with Crippen LogP contribution in [0.1, 0.15) is 31.7 Å². The topological polar surface area (TPSA) is 53.3 Å². The Morgan fingerprint density at radius 3 is 2.52 bits per heavy atom. The monoisotopic (exact) mass is 334 g/mol. The molecule has 2 N–H and O–H groups in total. The highest BCUT2D eigenvalue weighted by Gasteiger charge is 2.30. The normalized spacial score (nSPS) is 20.6. The Labute approximate surface area is 134 Å². The van der Waals surface area contributed by atoms with Crippen molar-refractivity contribution in [2.45, 2.75) is 44.0 Å².